The predicted octanol–water partition coefficient (Wildman–Crippen LogP) is 4.26. The maximum absolute atomic E-state index is 12.6. The first-order valence-electron chi connectivity index (χ1n) is 8.63. The van der Waals surface area contributed by atoms with Crippen molar-refractivity contribution in [3.05, 3.63) is 83.0 Å². The molecule has 0 aromatic carbocycles. The van der Waals surface area contributed by atoms with Crippen LogP contribution in [0.4, 0.5) is 13.2 Å². The number of nitrogens with one attached hydrogen (secondary N) is 1. The Bertz CT molecular complexity index is 1100. The summed E-state index contributed by atoms with van der Waals surface area (Å²) in [7, 11) is 0. The molecular formula is C20H16F3N5. The standard InChI is InChI=1S/C20H16F3N5/c1-12-4-16-15(11-28-19(16)27-7-12)5-14-9-25-18(26-10-14)6-13-2-3-17(24-8-13)20(21,22)23/h2-4,7-11H,5-6H2,1H3,(H,27,28). The van der Waals surface area contributed by atoms with Crippen LogP contribution in [0.3, 0.4) is 0 Å². The van der Waals surface area contributed by atoms with E-state index < -0.39 is 11.9 Å². The Labute approximate surface area is 158 Å². The lowest BCUT2D eigenvalue weighted by Gasteiger charge is -2.06. The van der Waals surface area contributed by atoms with Gasteiger partial charge in [-0.1, -0.05) is 6.07 Å². The van der Waals surface area contributed by atoms with Gasteiger partial charge in [-0.2, -0.15) is 13.2 Å². The Balaban J connectivity index is 1.47. The highest BCUT2D eigenvalue weighted by molar-refractivity contribution is 5.80. The van der Waals surface area contributed by atoms with Crippen molar-refractivity contribution in [3.8, 4) is 0 Å². The molecular weight excluding hydrogens is 367 g/mol. The van der Waals surface area contributed by atoms with E-state index in [1.54, 1.807) is 12.4 Å². The van der Waals surface area contributed by atoms with E-state index in [2.05, 4.69) is 31.0 Å². The number of aromatic amines is 1. The molecule has 4 aromatic rings. The van der Waals surface area contributed by atoms with Crippen molar-refractivity contribution >= 4 is 11.0 Å². The minimum absolute atomic E-state index is 0.321. The summed E-state index contributed by atoms with van der Waals surface area (Å²) < 4.78 is 37.7. The van der Waals surface area contributed by atoms with E-state index >= 15 is 0 Å². The minimum atomic E-state index is -4.44. The number of halogens is 3. The fourth-order valence-corrected chi connectivity index (χ4v) is 2.97. The van der Waals surface area contributed by atoms with Gasteiger partial charge < -0.3 is 4.98 Å². The highest BCUT2D eigenvalue weighted by Crippen LogP contribution is 2.27. The van der Waals surface area contributed by atoms with Gasteiger partial charge in [0.05, 0.1) is 0 Å². The average molecular weight is 383 g/mol. The number of rotatable bonds is 4. The molecule has 5 nitrogen and oxygen atoms in total. The second kappa shape index (κ2) is 7.03. The molecule has 4 heterocycles. The summed E-state index contributed by atoms with van der Waals surface area (Å²) in [6.07, 6.45) is 4.97. The highest BCUT2D eigenvalue weighted by atomic mass is 19.4. The molecule has 0 saturated carbocycles. The predicted molar refractivity (Wildman–Crippen MR) is 97.7 cm³/mol. The molecule has 0 aliphatic rings. The van der Waals surface area contributed by atoms with Crippen LogP contribution in [-0.2, 0) is 19.0 Å². The van der Waals surface area contributed by atoms with Crippen molar-refractivity contribution in [2.24, 2.45) is 0 Å². The fraction of sp³-hybridized carbons (Fsp3) is 0.200. The maximum Gasteiger partial charge on any atom is 0.433 e. The Morgan fingerprint density at radius 1 is 0.893 bits per heavy atom. The van der Waals surface area contributed by atoms with Crippen molar-refractivity contribution in [2.75, 3.05) is 0 Å². The number of H-pyrrole nitrogens is 1. The molecule has 4 aromatic heterocycles. The quantitative estimate of drug-likeness (QED) is 0.572. The third kappa shape index (κ3) is 3.85. The van der Waals surface area contributed by atoms with Crippen LogP contribution in [0.5, 0.6) is 0 Å². The Kier molecular flexibility index (Phi) is 4.54. The molecule has 142 valence electrons. The van der Waals surface area contributed by atoms with Gasteiger partial charge >= 0.3 is 6.18 Å². The number of hydrogen-bond acceptors (Lipinski definition) is 4. The minimum Gasteiger partial charge on any atom is -0.346 e. The molecule has 0 aliphatic heterocycles. The second-order valence-corrected chi connectivity index (χ2v) is 6.63. The van der Waals surface area contributed by atoms with Crippen molar-refractivity contribution < 1.29 is 13.2 Å². The van der Waals surface area contributed by atoms with Crippen LogP contribution in [0.25, 0.3) is 11.0 Å². The number of hydrogen-bond donors (Lipinski definition) is 1. The van der Waals surface area contributed by atoms with Crippen LogP contribution >= 0.6 is 0 Å². The summed E-state index contributed by atoms with van der Waals surface area (Å²) in [5.74, 6) is 0.529. The molecule has 0 amide bonds. The number of fused-ring (bicyclic) bond motifs is 1. The zero-order valence-corrected chi connectivity index (χ0v) is 15.0. The van der Waals surface area contributed by atoms with Gasteiger partial charge in [0.2, 0.25) is 0 Å². The molecule has 0 fully saturated rings. The first kappa shape index (κ1) is 18.1. The van der Waals surface area contributed by atoms with Crippen LogP contribution in [-0.4, -0.2) is 24.9 Å². The zero-order chi connectivity index (χ0) is 19.7. The van der Waals surface area contributed by atoms with E-state index in [0.29, 0.717) is 24.2 Å². The lowest BCUT2D eigenvalue weighted by Crippen LogP contribution is -2.08. The summed E-state index contributed by atoms with van der Waals surface area (Å²) in [5.41, 5.74) is 3.69. The summed E-state index contributed by atoms with van der Waals surface area (Å²) in [6, 6.07) is 4.45. The summed E-state index contributed by atoms with van der Waals surface area (Å²) in [5, 5.41) is 1.07. The van der Waals surface area contributed by atoms with Gasteiger partial charge in [-0.05, 0) is 41.3 Å². The number of alkyl halides is 3. The van der Waals surface area contributed by atoms with E-state index in [9.17, 15) is 13.2 Å². The van der Waals surface area contributed by atoms with E-state index in [0.717, 1.165) is 33.8 Å². The third-order valence-electron chi connectivity index (χ3n) is 4.38. The maximum atomic E-state index is 12.6. The lowest BCUT2D eigenvalue weighted by molar-refractivity contribution is -0.141. The van der Waals surface area contributed by atoms with E-state index in [1.165, 1.54) is 12.3 Å². The van der Waals surface area contributed by atoms with Crippen LogP contribution in [0.1, 0.15) is 33.8 Å². The number of pyridine rings is 2. The van der Waals surface area contributed by atoms with Gasteiger partial charge in [-0.3, -0.25) is 4.98 Å². The van der Waals surface area contributed by atoms with Gasteiger partial charge in [-0.15, -0.1) is 0 Å². The smallest absolute Gasteiger partial charge is 0.346 e. The lowest BCUT2D eigenvalue weighted by atomic mass is 10.1. The molecule has 0 bridgehead atoms. The van der Waals surface area contributed by atoms with E-state index in [-0.39, 0.29) is 0 Å². The zero-order valence-electron chi connectivity index (χ0n) is 15.0. The summed E-state index contributed by atoms with van der Waals surface area (Å²) in [6.45, 7) is 2.00. The molecule has 0 aliphatic carbocycles. The molecule has 0 unspecified atom stereocenters. The Morgan fingerprint density at radius 3 is 2.32 bits per heavy atom. The van der Waals surface area contributed by atoms with Crippen LogP contribution < -0.4 is 0 Å². The fourth-order valence-electron chi connectivity index (χ4n) is 2.97. The van der Waals surface area contributed by atoms with E-state index in [1.807, 2.05) is 19.3 Å². The largest absolute Gasteiger partial charge is 0.433 e. The van der Waals surface area contributed by atoms with Gasteiger partial charge in [0.15, 0.2) is 0 Å². The molecule has 1 N–H and O–H groups in total. The van der Waals surface area contributed by atoms with Crippen molar-refractivity contribution in [3.63, 3.8) is 0 Å². The second-order valence-electron chi connectivity index (χ2n) is 6.63. The van der Waals surface area contributed by atoms with Crippen molar-refractivity contribution in [2.45, 2.75) is 25.9 Å². The number of nitrogens with zero attached hydrogens (tertiary/aromatic N) is 4. The molecule has 0 radical (unpaired) electrons. The first-order chi connectivity index (χ1) is 13.4. The topological polar surface area (TPSA) is 67.3 Å². The van der Waals surface area contributed by atoms with Gasteiger partial charge in [0, 0.05) is 49.2 Å². The normalized spacial score (nSPS) is 11.9. The first-order valence-corrected chi connectivity index (χ1v) is 8.63. The molecule has 8 heteroatoms. The molecule has 4 rings (SSSR count). The molecule has 28 heavy (non-hydrogen) atoms. The highest BCUT2D eigenvalue weighted by Gasteiger charge is 2.31. The molecule has 0 spiro atoms. The summed E-state index contributed by atoms with van der Waals surface area (Å²) >= 11 is 0. The number of aryl methyl sites for hydroxylation is 1. The molecule has 0 atom stereocenters. The van der Waals surface area contributed by atoms with E-state index in [4.69, 9.17) is 0 Å². The molecule has 0 saturated heterocycles. The average Bonchev–Trinajstić information content (AvgIpc) is 3.05. The summed E-state index contributed by atoms with van der Waals surface area (Å²) in [4.78, 5) is 19.7. The van der Waals surface area contributed by atoms with Crippen LogP contribution in [0.2, 0.25) is 0 Å². The van der Waals surface area contributed by atoms with Crippen molar-refractivity contribution in [1.82, 2.24) is 24.9 Å². The van der Waals surface area contributed by atoms with Gasteiger partial charge in [-0.25, -0.2) is 15.0 Å². The van der Waals surface area contributed by atoms with Gasteiger partial charge in [0.25, 0.3) is 0 Å². The van der Waals surface area contributed by atoms with Gasteiger partial charge in [0.1, 0.15) is 17.2 Å². The Hall–Kier alpha value is -3.29. The third-order valence-corrected chi connectivity index (χ3v) is 4.38. The van der Waals surface area contributed by atoms with Crippen molar-refractivity contribution in [1.29, 1.82) is 0 Å². The SMILES string of the molecule is Cc1cnc2[nH]cc(Cc3cnc(Cc4ccc(C(F)(F)F)nc4)nc3)c2c1. The monoisotopic (exact) mass is 383 g/mol. The van der Waals surface area contributed by atoms with Crippen LogP contribution in [0.15, 0.2) is 49.2 Å². The Morgan fingerprint density at radius 2 is 1.64 bits per heavy atom. The van der Waals surface area contributed by atoms with Crippen LogP contribution in [0, 0.1) is 6.92 Å². The number of aromatic nitrogens is 5.